The summed E-state index contributed by atoms with van der Waals surface area (Å²) in [6.45, 7) is 3.82. The molecular weight excluding hydrogens is 224 g/mol. The minimum atomic E-state index is -0.692. The van der Waals surface area contributed by atoms with Crippen LogP contribution in [0.2, 0.25) is 0 Å². The molecule has 0 radical (unpaired) electrons. The lowest BCUT2D eigenvalue weighted by Crippen LogP contribution is -2.36. The van der Waals surface area contributed by atoms with Crippen molar-refractivity contribution in [3.05, 3.63) is 11.1 Å². The molecule has 4 nitrogen and oxygen atoms in total. The van der Waals surface area contributed by atoms with Crippen molar-refractivity contribution in [2.24, 2.45) is 5.92 Å². The predicted octanol–water partition coefficient (Wildman–Crippen LogP) is 2.14. The summed E-state index contributed by atoms with van der Waals surface area (Å²) >= 11 is 1.64. The fraction of sp³-hybridized carbons (Fsp3) is 0.636. The molecule has 5 heteroatoms. The number of anilines is 1. The van der Waals surface area contributed by atoms with Crippen molar-refractivity contribution in [3.63, 3.8) is 0 Å². The van der Waals surface area contributed by atoms with Crippen LogP contribution in [0.15, 0.2) is 5.38 Å². The van der Waals surface area contributed by atoms with Gasteiger partial charge in [-0.1, -0.05) is 0 Å². The molecule has 0 saturated carbocycles. The molecule has 1 unspecified atom stereocenters. The molecule has 1 aromatic heterocycles. The van der Waals surface area contributed by atoms with Crippen LogP contribution < -0.4 is 4.90 Å². The number of hydrogen-bond acceptors (Lipinski definition) is 4. The standard InChI is InChI=1S/C11H16N2O2S/c1-8-7-16-11(12-8)13-4-2-3-9(6-13)5-10(14)15/h7,9H,2-6H2,1H3,(H,14,15). The Kier molecular flexibility index (Phi) is 3.43. The van der Waals surface area contributed by atoms with Crippen LogP contribution in [-0.2, 0) is 4.79 Å². The number of piperidine rings is 1. The van der Waals surface area contributed by atoms with Gasteiger partial charge in [0.05, 0.1) is 5.69 Å². The lowest BCUT2D eigenvalue weighted by atomic mass is 9.95. The highest BCUT2D eigenvalue weighted by Gasteiger charge is 2.23. The van der Waals surface area contributed by atoms with Gasteiger partial charge in [-0.15, -0.1) is 11.3 Å². The smallest absolute Gasteiger partial charge is 0.303 e. The summed E-state index contributed by atoms with van der Waals surface area (Å²) in [5, 5.41) is 11.9. The third-order valence-corrected chi connectivity index (χ3v) is 3.88. The van der Waals surface area contributed by atoms with Crippen molar-refractivity contribution in [3.8, 4) is 0 Å². The topological polar surface area (TPSA) is 53.4 Å². The van der Waals surface area contributed by atoms with Crippen LogP contribution in [0, 0.1) is 12.8 Å². The Morgan fingerprint density at radius 1 is 1.75 bits per heavy atom. The molecule has 0 bridgehead atoms. The van der Waals surface area contributed by atoms with Crippen molar-refractivity contribution in [1.29, 1.82) is 0 Å². The summed E-state index contributed by atoms with van der Waals surface area (Å²) in [4.78, 5) is 17.3. The van der Waals surface area contributed by atoms with Crippen molar-refractivity contribution < 1.29 is 9.90 Å². The van der Waals surface area contributed by atoms with Crippen LogP contribution in [0.5, 0.6) is 0 Å². The second kappa shape index (κ2) is 4.82. The first-order valence-electron chi connectivity index (χ1n) is 5.54. The zero-order valence-electron chi connectivity index (χ0n) is 9.35. The average Bonchev–Trinajstić information content (AvgIpc) is 2.64. The molecular formula is C11H16N2O2S. The summed E-state index contributed by atoms with van der Waals surface area (Å²) in [5.74, 6) is -0.419. The Morgan fingerprint density at radius 2 is 2.56 bits per heavy atom. The fourth-order valence-corrected chi connectivity index (χ4v) is 2.98. The predicted molar refractivity (Wildman–Crippen MR) is 64.0 cm³/mol. The van der Waals surface area contributed by atoms with Crippen molar-refractivity contribution in [2.45, 2.75) is 26.2 Å². The van der Waals surface area contributed by atoms with Gasteiger partial charge in [-0.3, -0.25) is 4.79 Å². The third kappa shape index (κ3) is 2.72. The minimum absolute atomic E-state index is 0.274. The maximum Gasteiger partial charge on any atom is 0.303 e. The van der Waals surface area contributed by atoms with Gasteiger partial charge >= 0.3 is 5.97 Å². The van der Waals surface area contributed by atoms with E-state index in [2.05, 4.69) is 9.88 Å². The zero-order chi connectivity index (χ0) is 11.5. The van der Waals surface area contributed by atoms with Gasteiger partial charge < -0.3 is 10.0 Å². The largest absolute Gasteiger partial charge is 0.481 e. The van der Waals surface area contributed by atoms with Crippen LogP contribution in [-0.4, -0.2) is 29.1 Å². The molecule has 1 saturated heterocycles. The first-order valence-corrected chi connectivity index (χ1v) is 6.42. The monoisotopic (exact) mass is 240 g/mol. The van der Waals surface area contributed by atoms with E-state index in [0.29, 0.717) is 0 Å². The maximum atomic E-state index is 10.7. The molecule has 1 aliphatic rings. The number of hydrogen-bond donors (Lipinski definition) is 1. The van der Waals surface area contributed by atoms with Crippen LogP contribution in [0.1, 0.15) is 25.0 Å². The van der Waals surface area contributed by atoms with E-state index < -0.39 is 5.97 Å². The highest BCUT2D eigenvalue weighted by molar-refractivity contribution is 7.13. The van der Waals surface area contributed by atoms with E-state index in [4.69, 9.17) is 5.11 Å². The quantitative estimate of drug-likeness (QED) is 0.879. The highest BCUT2D eigenvalue weighted by Crippen LogP contribution is 2.27. The van der Waals surface area contributed by atoms with E-state index in [1.165, 1.54) is 0 Å². The molecule has 2 heterocycles. The second-order valence-electron chi connectivity index (χ2n) is 4.32. The van der Waals surface area contributed by atoms with Crippen LogP contribution in [0.4, 0.5) is 5.13 Å². The number of nitrogens with zero attached hydrogens (tertiary/aromatic N) is 2. The number of aromatic nitrogens is 1. The minimum Gasteiger partial charge on any atom is -0.481 e. The van der Waals surface area contributed by atoms with Gasteiger partial charge in [0.2, 0.25) is 0 Å². The van der Waals surface area contributed by atoms with Gasteiger partial charge in [0.25, 0.3) is 0 Å². The zero-order valence-corrected chi connectivity index (χ0v) is 10.2. The number of thiazole rings is 1. The van der Waals surface area contributed by atoms with Gasteiger partial charge in [0.1, 0.15) is 0 Å². The maximum absolute atomic E-state index is 10.7. The first-order chi connectivity index (χ1) is 7.65. The Bertz CT molecular complexity index is 378. The molecule has 1 atom stereocenters. The van der Waals surface area contributed by atoms with Crippen LogP contribution in [0.25, 0.3) is 0 Å². The summed E-state index contributed by atoms with van der Waals surface area (Å²) in [6, 6.07) is 0. The number of rotatable bonds is 3. The van der Waals surface area contributed by atoms with E-state index in [1.54, 1.807) is 11.3 Å². The van der Waals surface area contributed by atoms with Crippen LogP contribution >= 0.6 is 11.3 Å². The summed E-state index contributed by atoms with van der Waals surface area (Å²) in [5.41, 5.74) is 1.04. The molecule has 1 aromatic rings. The average molecular weight is 240 g/mol. The summed E-state index contributed by atoms with van der Waals surface area (Å²) in [6.07, 6.45) is 2.37. The molecule has 88 valence electrons. The number of carboxylic acids is 1. The fourth-order valence-electron chi connectivity index (χ4n) is 2.14. The number of aryl methyl sites for hydroxylation is 1. The Hall–Kier alpha value is -1.10. The van der Waals surface area contributed by atoms with Gasteiger partial charge in [0.15, 0.2) is 5.13 Å². The molecule has 16 heavy (non-hydrogen) atoms. The number of aliphatic carboxylic acids is 1. The highest BCUT2D eigenvalue weighted by atomic mass is 32.1. The van der Waals surface area contributed by atoms with E-state index in [9.17, 15) is 4.79 Å². The van der Waals surface area contributed by atoms with E-state index in [-0.39, 0.29) is 12.3 Å². The van der Waals surface area contributed by atoms with E-state index in [1.807, 2.05) is 12.3 Å². The van der Waals surface area contributed by atoms with Crippen molar-refractivity contribution >= 4 is 22.4 Å². The van der Waals surface area contributed by atoms with Crippen molar-refractivity contribution in [2.75, 3.05) is 18.0 Å². The lowest BCUT2D eigenvalue weighted by Gasteiger charge is -2.31. The Morgan fingerprint density at radius 3 is 3.19 bits per heavy atom. The van der Waals surface area contributed by atoms with E-state index in [0.717, 1.165) is 36.8 Å². The third-order valence-electron chi connectivity index (χ3n) is 2.86. The summed E-state index contributed by atoms with van der Waals surface area (Å²) < 4.78 is 0. The molecule has 0 amide bonds. The van der Waals surface area contributed by atoms with Gasteiger partial charge in [-0.05, 0) is 25.7 Å². The van der Waals surface area contributed by atoms with E-state index >= 15 is 0 Å². The Labute approximate surface area is 98.9 Å². The van der Waals surface area contributed by atoms with Crippen LogP contribution in [0.3, 0.4) is 0 Å². The first kappa shape index (κ1) is 11.4. The van der Waals surface area contributed by atoms with Gasteiger partial charge in [-0.25, -0.2) is 4.98 Å². The number of carboxylic acid groups (broad SMARTS) is 1. The molecule has 2 rings (SSSR count). The lowest BCUT2D eigenvalue weighted by molar-refractivity contribution is -0.138. The summed E-state index contributed by atoms with van der Waals surface area (Å²) in [7, 11) is 0. The van der Waals surface area contributed by atoms with Gasteiger partial charge in [-0.2, -0.15) is 0 Å². The molecule has 1 N–H and O–H groups in total. The molecule has 1 aliphatic heterocycles. The molecule has 1 fully saturated rings. The van der Waals surface area contributed by atoms with Gasteiger partial charge in [0, 0.05) is 24.9 Å². The SMILES string of the molecule is Cc1csc(N2CCCC(CC(=O)O)C2)n1. The normalized spacial score (nSPS) is 21.1. The molecule has 0 spiro atoms. The number of carbonyl (C=O) groups is 1. The molecule has 0 aromatic carbocycles. The second-order valence-corrected chi connectivity index (χ2v) is 5.16. The van der Waals surface area contributed by atoms with Crippen molar-refractivity contribution in [1.82, 2.24) is 4.98 Å². The molecule has 0 aliphatic carbocycles. The Balaban J connectivity index is 1.99.